The maximum absolute atomic E-state index is 5.70. The Labute approximate surface area is 129 Å². The maximum atomic E-state index is 5.70. The van der Waals surface area contributed by atoms with Crippen molar-refractivity contribution in [1.29, 1.82) is 0 Å². The van der Waals surface area contributed by atoms with E-state index in [-0.39, 0.29) is 0 Å². The van der Waals surface area contributed by atoms with Crippen LogP contribution in [0.25, 0.3) is 0 Å². The van der Waals surface area contributed by atoms with Crippen LogP contribution in [0.15, 0.2) is 29.4 Å². The molecular weight excluding hydrogens is 262 g/mol. The number of nitrogens with zero attached hydrogens (tertiary/aromatic N) is 1. The van der Waals surface area contributed by atoms with Gasteiger partial charge < -0.3 is 9.57 Å². The highest BCUT2D eigenvalue weighted by Crippen LogP contribution is 2.18. The van der Waals surface area contributed by atoms with Gasteiger partial charge in [-0.1, -0.05) is 44.0 Å². The van der Waals surface area contributed by atoms with E-state index in [9.17, 15) is 0 Å². The van der Waals surface area contributed by atoms with Crippen molar-refractivity contribution in [1.82, 2.24) is 0 Å². The summed E-state index contributed by atoms with van der Waals surface area (Å²) in [5.74, 6) is 1.72. The Morgan fingerprint density at radius 2 is 1.71 bits per heavy atom. The van der Waals surface area contributed by atoms with Crippen molar-refractivity contribution in [3.05, 3.63) is 29.8 Å². The summed E-state index contributed by atoms with van der Waals surface area (Å²) in [5.41, 5.74) is 2.33. The molecule has 3 nitrogen and oxygen atoms in total. The molecule has 0 heterocycles. The molecule has 3 heteroatoms. The van der Waals surface area contributed by atoms with Crippen molar-refractivity contribution in [2.24, 2.45) is 11.1 Å². The molecule has 0 aliphatic heterocycles. The molecule has 0 atom stereocenters. The van der Waals surface area contributed by atoms with Crippen LogP contribution in [-0.4, -0.2) is 18.9 Å². The van der Waals surface area contributed by atoms with Gasteiger partial charge in [-0.3, -0.25) is 0 Å². The Bertz CT molecular complexity index is 404. The van der Waals surface area contributed by atoms with E-state index in [2.05, 4.69) is 43.3 Å². The highest BCUT2D eigenvalue weighted by molar-refractivity contribution is 5.78. The lowest BCUT2D eigenvalue weighted by molar-refractivity contribution is 0.127. The molecule has 0 aliphatic carbocycles. The van der Waals surface area contributed by atoms with Crippen molar-refractivity contribution in [2.45, 2.75) is 53.4 Å². The van der Waals surface area contributed by atoms with Crippen LogP contribution in [-0.2, 0) is 11.3 Å². The molecule has 0 fully saturated rings. The average molecular weight is 291 g/mol. The van der Waals surface area contributed by atoms with Crippen LogP contribution < -0.4 is 4.74 Å². The van der Waals surface area contributed by atoms with Crippen LogP contribution in [0, 0.1) is 5.92 Å². The summed E-state index contributed by atoms with van der Waals surface area (Å²) >= 11 is 0. The fourth-order valence-corrected chi connectivity index (χ4v) is 2.12. The van der Waals surface area contributed by atoms with Crippen LogP contribution in [0.3, 0.4) is 0 Å². The van der Waals surface area contributed by atoms with E-state index in [0.717, 1.165) is 30.2 Å². The van der Waals surface area contributed by atoms with E-state index in [1.807, 2.05) is 13.8 Å². The summed E-state index contributed by atoms with van der Waals surface area (Å²) in [6.07, 6.45) is 4.49. The zero-order valence-corrected chi connectivity index (χ0v) is 13.9. The fourth-order valence-electron chi connectivity index (χ4n) is 2.12. The molecular formula is C18H29NO2. The van der Waals surface area contributed by atoms with Gasteiger partial charge in [0.2, 0.25) is 0 Å². The first-order valence-corrected chi connectivity index (χ1v) is 8.00. The molecule has 0 unspecified atom stereocenters. The quantitative estimate of drug-likeness (QED) is 0.350. The second-order valence-corrected chi connectivity index (χ2v) is 5.60. The van der Waals surface area contributed by atoms with Gasteiger partial charge in [0.15, 0.2) is 0 Å². The third kappa shape index (κ3) is 7.74. The SMILES string of the molecule is CCC(CC)Cc1ccc(OCCCON=C(C)C)cc1. The van der Waals surface area contributed by atoms with Crippen molar-refractivity contribution in [3.63, 3.8) is 0 Å². The van der Waals surface area contributed by atoms with E-state index < -0.39 is 0 Å². The molecule has 0 radical (unpaired) electrons. The predicted molar refractivity (Wildman–Crippen MR) is 89.1 cm³/mol. The predicted octanol–water partition coefficient (Wildman–Crippen LogP) is 4.85. The lowest BCUT2D eigenvalue weighted by Crippen LogP contribution is -2.03. The van der Waals surface area contributed by atoms with E-state index in [1.54, 1.807) is 0 Å². The Hall–Kier alpha value is -1.51. The molecule has 1 rings (SSSR count). The van der Waals surface area contributed by atoms with Crippen LogP contribution in [0.5, 0.6) is 5.75 Å². The zero-order chi connectivity index (χ0) is 15.5. The molecule has 118 valence electrons. The summed E-state index contributed by atoms with van der Waals surface area (Å²) in [4.78, 5) is 5.13. The lowest BCUT2D eigenvalue weighted by Gasteiger charge is -2.12. The van der Waals surface area contributed by atoms with Crippen molar-refractivity contribution in [3.8, 4) is 5.75 Å². The number of rotatable bonds is 10. The van der Waals surface area contributed by atoms with Crippen molar-refractivity contribution < 1.29 is 9.57 Å². The minimum Gasteiger partial charge on any atom is -0.493 e. The van der Waals surface area contributed by atoms with Crippen LogP contribution in [0.4, 0.5) is 0 Å². The standard InChI is InChI=1S/C18H29NO2/c1-5-16(6-2)14-17-8-10-18(11-9-17)20-12-7-13-21-19-15(3)4/h8-11,16H,5-7,12-14H2,1-4H3. The molecule has 0 N–H and O–H groups in total. The first-order chi connectivity index (χ1) is 10.2. The van der Waals surface area contributed by atoms with Gasteiger partial charge in [-0.05, 0) is 43.9 Å². The second-order valence-electron chi connectivity index (χ2n) is 5.60. The van der Waals surface area contributed by atoms with Gasteiger partial charge in [0, 0.05) is 6.42 Å². The summed E-state index contributed by atoms with van der Waals surface area (Å²) in [6, 6.07) is 8.48. The number of ether oxygens (including phenoxy) is 1. The lowest BCUT2D eigenvalue weighted by atomic mass is 9.95. The summed E-state index contributed by atoms with van der Waals surface area (Å²) in [6.45, 7) is 9.61. The van der Waals surface area contributed by atoms with E-state index >= 15 is 0 Å². The molecule has 0 aromatic heterocycles. The van der Waals surface area contributed by atoms with E-state index in [4.69, 9.17) is 9.57 Å². The zero-order valence-electron chi connectivity index (χ0n) is 13.9. The molecule has 0 aliphatic rings. The van der Waals surface area contributed by atoms with Crippen LogP contribution >= 0.6 is 0 Å². The first-order valence-electron chi connectivity index (χ1n) is 8.00. The average Bonchev–Trinajstić information content (AvgIpc) is 2.49. The minimum atomic E-state index is 0.595. The van der Waals surface area contributed by atoms with E-state index in [1.165, 1.54) is 18.4 Å². The Morgan fingerprint density at radius 3 is 2.29 bits per heavy atom. The van der Waals surface area contributed by atoms with Gasteiger partial charge in [0.05, 0.1) is 12.3 Å². The van der Waals surface area contributed by atoms with Crippen LogP contribution in [0.1, 0.15) is 52.5 Å². The highest BCUT2D eigenvalue weighted by Gasteiger charge is 2.05. The number of oxime groups is 1. The molecule has 21 heavy (non-hydrogen) atoms. The van der Waals surface area contributed by atoms with Crippen molar-refractivity contribution in [2.75, 3.05) is 13.2 Å². The van der Waals surface area contributed by atoms with Gasteiger partial charge in [0.1, 0.15) is 12.4 Å². The van der Waals surface area contributed by atoms with Gasteiger partial charge >= 0.3 is 0 Å². The normalized spacial score (nSPS) is 10.5. The summed E-state index contributed by atoms with van der Waals surface area (Å²) < 4.78 is 5.70. The Balaban J connectivity index is 2.26. The molecule has 0 saturated heterocycles. The second kappa shape index (κ2) is 10.3. The highest BCUT2D eigenvalue weighted by atomic mass is 16.6. The Kier molecular flexibility index (Phi) is 8.56. The fraction of sp³-hybridized carbons (Fsp3) is 0.611. The summed E-state index contributed by atoms with van der Waals surface area (Å²) in [7, 11) is 0. The number of hydrogen-bond acceptors (Lipinski definition) is 3. The van der Waals surface area contributed by atoms with Crippen molar-refractivity contribution >= 4 is 5.71 Å². The third-order valence-electron chi connectivity index (χ3n) is 3.50. The number of benzene rings is 1. The molecule has 0 amide bonds. The molecule has 1 aromatic rings. The smallest absolute Gasteiger partial charge is 0.120 e. The molecule has 0 spiro atoms. The summed E-state index contributed by atoms with van der Waals surface area (Å²) in [5, 5.41) is 3.89. The molecule has 0 saturated carbocycles. The maximum Gasteiger partial charge on any atom is 0.120 e. The van der Waals surface area contributed by atoms with Gasteiger partial charge in [-0.15, -0.1) is 0 Å². The third-order valence-corrected chi connectivity index (χ3v) is 3.50. The number of hydrogen-bond donors (Lipinski definition) is 0. The van der Waals surface area contributed by atoms with Gasteiger partial charge in [-0.2, -0.15) is 0 Å². The first kappa shape index (κ1) is 17.5. The molecule has 1 aromatic carbocycles. The van der Waals surface area contributed by atoms with Gasteiger partial charge in [-0.25, -0.2) is 0 Å². The largest absolute Gasteiger partial charge is 0.493 e. The van der Waals surface area contributed by atoms with Crippen LogP contribution in [0.2, 0.25) is 0 Å². The topological polar surface area (TPSA) is 30.8 Å². The molecule has 0 bridgehead atoms. The van der Waals surface area contributed by atoms with E-state index in [0.29, 0.717) is 13.2 Å². The Morgan fingerprint density at radius 1 is 1.05 bits per heavy atom. The van der Waals surface area contributed by atoms with Gasteiger partial charge in [0.25, 0.3) is 0 Å². The minimum absolute atomic E-state index is 0.595. The monoisotopic (exact) mass is 291 g/mol.